The van der Waals surface area contributed by atoms with E-state index in [0.29, 0.717) is 10.6 Å². The maximum Gasteiger partial charge on any atom is 0.151 e. The van der Waals surface area contributed by atoms with E-state index in [1.54, 1.807) is 29.2 Å². The SMILES string of the molecule is CSc1c(Cl)cc(C=O)c2sccc12. The van der Waals surface area contributed by atoms with Gasteiger partial charge in [0.15, 0.2) is 6.29 Å². The number of aldehydes is 1. The molecule has 4 heteroatoms. The van der Waals surface area contributed by atoms with E-state index in [9.17, 15) is 4.79 Å². The Labute approximate surface area is 95.1 Å². The molecule has 0 saturated heterocycles. The van der Waals surface area contributed by atoms with Gasteiger partial charge in [0.1, 0.15) is 0 Å². The Morgan fingerprint density at radius 3 is 3.00 bits per heavy atom. The fourth-order valence-corrected chi connectivity index (χ4v) is 3.44. The number of benzene rings is 1. The molecule has 0 aliphatic rings. The summed E-state index contributed by atoms with van der Waals surface area (Å²) in [6.45, 7) is 0. The van der Waals surface area contributed by atoms with Crippen LogP contribution >= 0.6 is 34.7 Å². The monoisotopic (exact) mass is 242 g/mol. The first kappa shape index (κ1) is 10.0. The van der Waals surface area contributed by atoms with Gasteiger partial charge < -0.3 is 0 Å². The molecule has 0 unspecified atom stereocenters. The van der Waals surface area contributed by atoms with Gasteiger partial charge in [0, 0.05) is 20.5 Å². The van der Waals surface area contributed by atoms with E-state index in [1.807, 2.05) is 17.7 Å². The van der Waals surface area contributed by atoms with E-state index < -0.39 is 0 Å². The predicted molar refractivity (Wildman–Crippen MR) is 64.0 cm³/mol. The lowest BCUT2D eigenvalue weighted by Crippen LogP contribution is -1.83. The van der Waals surface area contributed by atoms with Crippen LogP contribution in [0.2, 0.25) is 5.02 Å². The number of hydrogen-bond donors (Lipinski definition) is 0. The Morgan fingerprint density at radius 2 is 2.36 bits per heavy atom. The van der Waals surface area contributed by atoms with Crippen molar-refractivity contribution in [3.63, 3.8) is 0 Å². The number of halogens is 1. The molecule has 1 nitrogen and oxygen atoms in total. The van der Waals surface area contributed by atoms with Crippen LogP contribution in [-0.4, -0.2) is 12.5 Å². The Kier molecular flexibility index (Phi) is 2.81. The van der Waals surface area contributed by atoms with Gasteiger partial charge in [-0.3, -0.25) is 4.79 Å². The maximum atomic E-state index is 10.8. The number of thioether (sulfide) groups is 1. The van der Waals surface area contributed by atoms with Crippen molar-refractivity contribution in [2.75, 3.05) is 6.26 Å². The quantitative estimate of drug-likeness (QED) is 0.583. The van der Waals surface area contributed by atoms with Gasteiger partial charge >= 0.3 is 0 Å². The van der Waals surface area contributed by atoms with E-state index in [0.717, 1.165) is 21.3 Å². The molecule has 0 N–H and O–H groups in total. The molecule has 72 valence electrons. The highest BCUT2D eigenvalue weighted by atomic mass is 35.5. The molecule has 0 bridgehead atoms. The number of carbonyl (C=O) groups excluding carboxylic acids is 1. The van der Waals surface area contributed by atoms with Crippen molar-refractivity contribution in [3.8, 4) is 0 Å². The molecule has 0 aliphatic carbocycles. The van der Waals surface area contributed by atoms with E-state index >= 15 is 0 Å². The lowest BCUT2D eigenvalue weighted by Gasteiger charge is -2.04. The number of rotatable bonds is 2. The third kappa shape index (κ3) is 1.45. The molecule has 0 fully saturated rings. The minimum Gasteiger partial charge on any atom is -0.298 e. The van der Waals surface area contributed by atoms with Crippen LogP contribution in [0.25, 0.3) is 10.1 Å². The Morgan fingerprint density at radius 1 is 1.57 bits per heavy atom. The number of carbonyl (C=O) groups is 1. The second kappa shape index (κ2) is 3.93. The summed E-state index contributed by atoms with van der Waals surface area (Å²) >= 11 is 9.25. The highest BCUT2D eigenvalue weighted by molar-refractivity contribution is 7.99. The van der Waals surface area contributed by atoms with Gasteiger partial charge in [-0.1, -0.05) is 11.6 Å². The summed E-state index contributed by atoms with van der Waals surface area (Å²) in [6, 6.07) is 3.74. The molecular formula is C10H7ClOS2. The Balaban J connectivity index is 2.88. The summed E-state index contributed by atoms with van der Waals surface area (Å²) in [7, 11) is 0. The Bertz CT molecular complexity index is 490. The molecule has 0 amide bonds. The normalized spacial score (nSPS) is 10.7. The molecule has 1 aromatic carbocycles. The van der Waals surface area contributed by atoms with Gasteiger partial charge in [-0.15, -0.1) is 23.1 Å². The number of hydrogen-bond acceptors (Lipinski definition) is 3. The molecule has 0 saturated carbocycles. The summed E-state index contributed by atoms with van der Waals surface area (Å²) in [6.07, 6.45) is 2.84. The average Bonchev–Trinajstić information content (AvgIpc) is 2.65. The molecule has 2 aromatic rings. The van der Waals surface area contributed by atoms with Crippen molar-refractivity contribution in [1.82, 2.24) is 0 Å². The first-order chi connectivity index (χ1) is 6.77. The smallest absolute Gasteiger partial charge is 0.151 e. The number of thiophene rings is 1. The molecule has 1 heterocycles. The third-order valence-corrected chi connectivity index (χ3v) is 4.22. The van der Waals surface area contributed by atoms with Crippen molar-refractivity contribution in [1.29, 1.82) is 0 Å². The van der Waals surface area contributed by atoms with Crippen LogP contribution in [0, 0.1) is 0 Å². The highest BCUT2D eigenvalue weighted by Gasteiger charge is 2.10. The molecule has 0 aliphatic heterocycles. The summed E-state index contributed by atoms with van der Waals surface area (Å²) in [5.74, 6) is 0. The van der Waals surface area contributed by atoms with E-state index in [1.165, 1.54) is 0 Å². The summed E-state index contributed by atoms with van der Waals surface area (Å²) < 4.78 is 1.02. The first-order valence-corrected chi connectivity index (χ1v) is 6.45. The average molecular weight is 243 g/mol. The minimum absolute atomic E-state index is 0.658. The van der Waals surface area contributed by atoms with Crippen LogP contribution in [0.15, 0.2) is 22.4 Å². The zero-order chi connectivity index (χ0) is 10.1. The van der Waals surface area contributed by atoms with Crippen LogP contribution in [0.3, 0.4) is 0 Å². The van der Waals surface area contributed by atoms with Gasteiger partial charge in [-0.2, -0.15) is 0 Å². The van der Waals surface area contributed by atoms with Crippen molar-refractivity contribution >= 4 is 51.1 Å². The zero-order valence-electron chi connectivity index (χ0n) is 7.41. The molecule has 0 radical (unpaired) electrons. The Hall–Kier alpha value is -0.510. The van der Waals surface area contributed by atoms with Crippen LogP contribution < -0.4 is 0 Å². The van der Waals surface area contributed by atoms with E-state index in [4.69, 9.17) is 11.6 Å². The summed E-state index contributed by atoms with van der Waals surface area (Å²) in [5, 5.41) is 3.72. The van der Waals surface area contributed by atoms with Crippen LogP contribution in [0.4, 0.5) is 0 Å². The first-order valence-electron chi connectivity index (χ1n) is 3.96. The molecule has 2 rings (SSSR count). The van der Waals surface area contributed by atoms with Gasteiger partial charge in [-0.05, 0) is 23.8 Å². The lowest BCUT2D eigenvalue weighted by molar-refractivity contribution is 0.112. The highest BCUT2D eigenvalue weighted by Crippen LogP contribution is 2.37. The van der Waals surface area contributed by atoms with Crippen molar-refractivity contribution in [3.05, 3.63) is 28.1 Å². The van der Waals surface area contributed by atoms with Crippen LogP contribution in [0.5, 0.6) is 0 Å². The van der Waals surface area contributed by atoms with Crippen molar-refractivity contribution in [2.45, 2.75) is 4.90 Å². The predicted octanol–water partition coefficient (Wildman–Crippen LogP) is 4.09. The fraction of sp³-hybridized carbons (Fsp3) is 0.100. The van der Waals surface area contributed by atoms with Crippen LogP contribution in [-0.2, 0) is 0 Å². The summed E-state index contributed by atoms with van der Waals surface area (Å²) in [4.78, 5) is 11.9. The minimum atomic E-state index is 0.658. The molecular weight excluding hydrogens is 236 g/mol. The standard InChI is InChI=1S/C10H7ClOS2/c1-13-10-7-2-3-14-9(7)6(5-12)4-8(10)11/h2-5H,1H3. The van der Waals surface area contributed by atoms with Crippen molar-refractivity contribution < 1.29 is 4.79 Å². The lowest BCUT2D eigenvalue weighted by atomic mass is 10.2. The topological polar surface area (TPSA) is 17.1 Å². The van der Waals surface area contributed by atoms with Crippen molar-refractivity contribution in [2.24, 2.45) is 0 Å². The molecule has 0 atom stereocenters. The van der Waals surface area contributed by atoms with Gasteiger partial charge in [-0.25, -0.2) is 0 Å². The van der Waals surface area contributed by atoms with Gasteiger partial charge in [0.05, 0.1) is 5.02 Å². The molecule has 14 heavy (non-hydrogen) atoms. The number of fused-ring (bicyclic) bond motifs is 1. The fourth-order valence-electron chi connectivity index (χ4n) is 1.40. The second-order valence-electron chi connectivity index (χ2n) is 2.76. The molecule has 1 aromatic heterocycles. The van der Waals surface area contributed by atoms with E-state index in [-0.39, 0.29) is 0 Å². The second-order valence-corrected chi connectivity index (χ2v) is 4.90. The third-order valence-electron chi connectivity index (χ3n) is 2.00. The maximum absolute atomic E-state index is 10.8. The molecule has 0 spiro atoms. The van der Waals surface area contributed by atoms with Crippen LogP contribution in [0.1, 0.15) is 10.4 Å². The summed E-state index contributed by atoms with van der Waals surface area (Å²) in [5.41, 5.74) is 0.679. The van der Waals surface area contributed by atoms with Gasteiger partial charge in [0.2, 0.25) is 0 Å². The van der Waals surface area contributed by atoms with E-state index in [2.05, 4.69) is 0 Å². The largest absolute Gasteiger partial charge is 0.298 e. The van der Waals surface area contributed by atoms with Gasteiger partial charge in [0.25, 0.3) is 0 Å². The zero-order valence-corrected chi connectivity index (χ0v) is 9.80.